The Morgan fingerprint density at radius 1 is 0.895 bits per heavy atom. The number of piperidine rings is 1. The molecule has 12 rings (SSSR count). The number of nitrogens with two attached hydrogens (primary N) is 1. The Morgan fingerprint density at radius 3 is 2.49 bits per heavy atom. The quantitative estimate of drug-likeness (QED) is 0.0635. The zero-order chi connectivity index (χ0) is 52.6. The number of Topliss-reactive ketones (excluding diaryl/α,β-unsaturated/α-hetero) is 2. The monoisotopic (exact) mass is 1030 g/mol. The van der Waals surface area contributed by atoms with Crippen LogP contribution in [0.15, 0.2) is 90.4 Å². The topological polar surface area (TPSA) is 190 Å². The molecular weight excluding hydrogens is 949 g/mol. The number of H-pyrrole nitrogens is 1. The highest BCUT2D eigenvalue weighted by molar-refractivity contribution is 5.89. The fraction of sp³-hybridized carbons (Fsp3) is 0.569. The average molecular weight is 1030 g/mol. The van der Waals surface area contributed by atoms with E-state index in [1.807, 2.05) is 18.2 Å². The molecule has 8 aliphatic rings. The van der Waals surface area contributed by atoms with E-state index < -0.39 is 35.6 Å². The van der Waals surface area contributed by atoms with E-state index in [9.17, 15) is 25.2 Å². The third-order valence-electron chi connectivity index (χ3n) is 21.2. The summed E-state index contributed by atoms with van der Waals surface area (Å²) in [6.45, 7) is 5.84. The maximum absolute atomic E-state index is 15.1. The highest BCUT2D eigenvalue weighted by Gasteiger charge is 2.65. The lowest BCUT2D eigenvalue weighted by Crippen LogP contribution is -2.65. The minimum atomic E-state index is -1.31. The fourth-order valence-electron chi connectivity index (χ4n) is 17.7. The van der Waals surface area contributed by atoms with Crippen LogP contribution in [0.4, 0.5) is 0 Å². The van der Waals surface area contributed by atoms with Crippen LogP contribution in [0.1, 0.15) is 155 Å². The van der Waals surface area contributed by atoms with Gasteiger partial charge < -0.3 is 46.5 Å². The molecule has 2 aliphatic heterocycles. The number of carbonyl (C=O) groups is 2. The number of aromatic nitrogens is 1. The molecule has 1 aromatic heterocycles. The number of hydrogen-bond donors (Lipinski definition) is 8. The van der Waals surface area contributed by atoms with Gasteiger partial charge in [0.2, 0.25) is 0 Å². The maximum atomic E-state index is 15.1. The number of dihydropyridines is 1. The summed E-state index contributed by atoms with van der Waals surface area (Å²) in [6.07, 6.45) is 13.6. The first-order valence-electron chi connectivity index (χ1n) is 29.1. The summed E-state index contributed by atoms with van der Waals surface area (Å²) in [5.74, 6) is 9.77. The number of ketones is 2. The molecule has 11 heteroatoms. The third-order valence-corrected chi connectivity index (χ3v) is 21.2. The van der Waals surface area contributed by atoms with E-state index in [0.29, 0.717) is 103 Å². The van der Waals surface area contributed by atoms with Crippen LogP contribution >= 0.6 is 0 Å². The van der Waals surface area contributed by atoms with Gasteiger partial charge in [-0.25, -0.2) is 0 Å². The van der Waals surface area contributed by atoms with Crippen LogP contribution in [-0.4, -0.2) is 81.5 Å². The molecule has 11 nitrogen and oxygen atoms in total. The number of methoxy groups -OCH3 is 1. The third kappa shape index (κ3) is 8.82. The van der Waals surface area contributed by atoms with Gasteiger partial charge in [-0.1, -0.05) is 93.5 Å². The van der Waals surface area contributed by atoms with E-state index in [4.69, 9.17) is 10.5 Å². The number of rotatable bonds is 12. The number of phenols is 1. The van der Waals surface area contributed by atoms with Gasteiger partial charge in [-0.15, -0.1) is 0 Å². The molecule has 3 heterocycles. The first-order chi connectivity index (χ1) is 36.8. The van der Waals surface area contributed by atoms with Gasteiger partial charge in [-0.05, 0) is 180 Å². The highest BCUT2D eigenvalue weighted by Crippen LogP contribution is 2.70. The molecule has 0 radical (unpaired) electrons. The smallest absolute Gasteiger partial charge is 0.160 e. The van der Waals surface area contributed by atoms with Gasteiger partial charge in [-0.3, -0.25) is 9.59 Å². The van der Waals surface area contributed by atoms with Crippen molar-refractivity contribution < 1.29 is 34.8 Å². The van der Waals surface area contributed by atoms with E-state index >= 15 is 4.79 Å². The summed E-state index contributed by atoms with van der Waals surface area (Å²) in [7, 11) is 1.51. The van der Waals surface area contributed by atoms with E-state index in [0.717, 1.165) is 53.3 Å². The van der Waals surface area contributed by atoms with E-state index in [-0.39, 0.29) is 53.6 Å². The summed E-state index contributed by atoms with van der Waals surface area (Å²) in [5, 5.41) is 59.2. The first kappa shape index (κ1) is 51.4. The normalized spacial score (nSPS) is 33.0. The Morgan fingerprint density at radius 2 is 1.71 bits per heavy atom. The Bertz CT molecular complexity index is 2990. The zero-order valence-corrected chi connectivity index (χ0v) is 44.8. The van der Waals surface area contributed by atoms with Crippen molar-refractivity contribution in [3.05, 3.63) is 118 Å². The predicted octanol–water partition coefficient (Wildman–Crippen LogP) is 9.55. The Kier molecular flexibility index (Phi) is 13.8. The zero-order valence-electron chi connectivity index (χ0n) is 44.8. The summed E-state index contributed by atoms with van der Waals surface area (Å²) in [4.78, 5) is 32.0. The van der Waals surface area contributed by atoms with Crippen molar-refractivity contribution in [1.29, 1.82) is 0 Å². The van der Waals surface area contributed by atoms with Crippen molar-refractivity contribution >= 4 is 22.3 Å². The molecule has 0 amide bonds. The number of fused-ring (bicyclic) bond motifs is 6. The largest absolute Gasteiger partial charge is 0.504 e. The molecule has 15 atom stereocenters. The van der Waals surface area contributed by atoms with E-state index in [2.05, 4.69) is 90.0 Å². The van der Waals surface area contributed by atoms with Gasteiger partial charge >= 0.3 is 0 Å². The summed E-state index contributed by atoms with van der Waals surface area (Å²) < 4.78 is 5.62. The van der Waals surface area contributed by atoms with Crippen molar-refractivity contribution in [2.45, 2.75) is 158 Å². The van der Waals surface area contributed by atoms with E-state index in [1.165, 1.54) is 44.1 Å². The molecule has 4 saturated carbocycles. The molecule has 15 unspecified atom stereocenters. The molecule has 6 aliphatic carbocycles. The number of nitrogens with one attached hydrogen (secondary N) is 3. The molecule has 3 aromatic carbocycles. The Labute approximate surface area is 448 Å². The highest BCUT2D eigenvalue weighted by atomic mass is 16.5. The number of aromatic hydroxyl groups is 1. The van der Waals surface area contributed by atoms with Crippen molar-refractivity contribution in [2.24, 2.45) is 58.0 Å². The average Bonchev–Trinajstić information content (AvgIpc) is 4.25. The first-order valence-corrected chi connectivity index (χ1v) is 29.1. The minimum absolute atomic E-state index is 0.0390. The van der Waals surface area contributed by atoms with Crippen LogP contribution in [0.5, 0.6) is 11.5 Å². The maximum Gasteiger partial charge on any atom is 0.160 e. The van der Waals surface area contributed by atoms with Gasteiger partial charge in [-0.2, -0.15) is 0 Å². The number of aliphatic hydroxyl groups is 3. The summed E-state index contributed by atoms with van der Waals surface area (Å²) in [6, 6.07) is 20.7. The number of carbonyl (C=O) groups excluding carboxylic acids is 2. The molecule has 0 bridgehead atoms. The van der Waals surface area contributed by atoms with Crippen molar-refractivity contribution in [3.63, 3.8) is 0 Å². The minimum Gasteiger partial charge on any atom is -0.504 e. The second kappa shape index (κ2) is 20.4. The van der Waals surface area contributed by atoms with Crippen molar-refractivity contribution in [2.75, 3.05) is 20.2 Å². The number of aliphatic hydroxyl groups excluding tert-OH is 3. The molecule has 76 heavy (non-hydrogen) atoms. The number of ether oxygens (including phenoxy) is 1. The van der Waals surface area contributed by atoms with Crippen LogP contribution < -0.4 is 21.1 Å². The number of aromatic amines is 1. The summed E-state index contributed by atoms with van der Waals surface area (Å²) in [5.41, 5.74) is 11.5. The number of benzene rings is 3. The second-order valence-corrected chi connectivity index (χ2v) is 25.3. The predicted molar refractivity (Wildman–Crippen MR) is 295 cm³/mol. The second-order valence-electron chi connectivity index (χ2n) is 25.3. The lowest BCUT2D eigenvalue weighted by Gasteiger charge is -2.65. The number of hydrogen-bond acceptors (Lipinski definition) is 10. The standard InChI is InChI=1S/C65H80N4O7/c1-36(2)10-14-46(59(43-18-24-67-58(66)30-43)42-12-11-37-8-4-5-9-38(37)26-42)63(75)54(72)27-40-16-22-65(56(73)15-13-39-28-55(76-3)53(71)34-47(39)40)23-17-41(29-57(65)74)50-33-49-60-51(64(50)20-6-7-21-64)35-69-52-32-44(70)31-48(61(52)60)45-19-25-68-62(45)49/h4-5,8-9,11-12,18-19,25-26,28,30,34,36,40-41,46,48-52,54,57,59-61,63,67-69,71-72,74-75H,6-7,10,13-15,17,20-21,23-24,27,29,31-33,35,66H2,1-3H3. The lowest BCUT2D eigenvalue weighted by molar-refractivity contribution is -0.145. The van der Waals surface area contributed by atoms with Gasteiger partial charge in [0.05, 0.1) is 31.2 Å². The van der Waals surface area contributed by atoms with Crippen molar-refractivity contribution in [1.82, 2.24) is 15.6 Å². The molecule has 5 fully saturated rings. The van der Waals surface area contributed by atoms with Crippen LogP contribution in [0.25, 0.3) is 10.8 Å². The Balaban J connectivity index is 0.872. The van der Waals surface area contributed by atoms with Gasteiger partial charge in [0, 0.05) is 61.5 Å². The SMILES string of the molecule is COc1cc2c(cc1O)C(CC(O)C(O)C(CCC(C)C)C(C1=CCNC(N)=C1)c1ccc3ccccc3c1)C#CC1(CCC(C3CC4c5[nH]ccc5C5CC(=O)CC6NCC(C4C65)C34CCCC4)CC1O)C(=O)CC2. The van der Waals surface area contributed by atoms with Gasteiger partial charge in [0.15, 0.2) is 17.3 Å². The molecule has 2 spiro atoms. The molecule has 402 valence electrons. The number of allylic oxidation sites excluding steroid dienone is 2. The van der Waals surface area contributed by atoms with E-state index in [1.54, 1.807) is 12.1 Å². The summed E-state index contributed by atoms with van der Waals surface area (Å²) >= 11 is 0. The van der Waals surface area contributed by atoms with Crippen LogP contribution in [-0.2, 0) is 16.0 Å². The van der Waals surface area contributed by atoms with Crippen LogP contribution in [0.3, 0.4) is 0 Å². The number of phenolic OH excluding ortho intramolecular Hbond substituents is 1. The van der Waals surface area contributed by atoms with Crippen LogP contribution in [0.2, 0.25) is 0 Å². The molecule has 9 N–H and O–H groups in total. The fourth-order valence-corrected chi connectivity index (χ4v) is 17.7. The van der Waals surface area contributed by atoms with Crippen molar-refractivity contribution in [3.8, 4) is 23.3 Å². The van der Waals surface area contributed by atoms with Gasteiger partial charge in [0.1, 0.15) is 11.2 Å². The van der Waals surface area contributed by atoms with Gasteiger partial charge in [0.25, 0.3) is 0 Å². The molecule has 1 saturated heterocycles. The molecule has 4 aromatic rings. The lowest BCUT2D eigenvalue weighted by atomic mass is 9.41. The Hall–Kier alpha value is -5.38. The number of aryl methyl sites for hydroxylation is 1. The van der Waals surface area contributed by atoms with Crippen LogP contribution in [0, 0.1) is 64.1 Å². The molecular formula is C65H80N4O7.